The summed E-state index contributed by atoms with van der Waals surface area (Å²) in [6.45, 7) is 6.54. The fourth-order valence-electron chi connectivity index (χ4n) is 2.96. The molecule has 1 aliphatic carbocycles. The summed E-state index contributed by atoms with van der Waals surface area (Å²) < 4.78 is 5.32. The Morgan fingerprint density at radius 1 is 1.43 bits per heavy atom. The van der Waals surface area contributed by atoms with Gasteiger partial charge < -0.3 is 20.1 Å². The minimum atomic E-state index is -0.800. The third-order valence-electron chi connectivity index (χ3n) is 4.33. The quantitative estimate of drug-likeness (QED) is 0.766. The lowest BCUT2D eigenvalue weighted by molar-refractivity contribution is -0.139. The molecule has 0 aromatic rings. The molecule has 0 aromatic heterocycles. The molecule has 7 nitrogen and oxygen atoms in total. The van der Waals surface area contributed by atoms with Gasteiger partial charge in [0.15, 0.2) is 0 Å². The van der Waals surface area contributed by atoms with E-state index in [1.54, 1.807) is 0 Å². The second kappa shape index (κ2) is 7.09. The molecule has 0 aromatic carbocycles. The number of aliphatic carboxylic acids is 1. The molecule has 2 aliphatic rings. The van der Waals surface area contributed by atoms with E-state index in [1.807, 2.05) is 23.6 Å². The van der Waals surface area contributed by atoms with Crippen molar-refractivity contribution in [2.24, 2.45) is 0 Å². The molecule has 0 radical (unpaired) electrons. The first-order chi connectivity index (χ1) is 10.0. The number of morpholine rings is 1. The van der Waals surface area contributed by atoms with Crippen LogP contribution in [0.4, 0.5) is 4.79 Å². The topological polar surface area (TPSA) is 82.1 Å². The molecule has 0 unspecified atom stereocenters. The van der Waals surface area contributed by atoms with Gasteiger partial charge in [0, 0.05) is 18.6 Å². The summed E-state index contributed by atoms with van der Waals surface area (Å²) in [4.78, 5) is 26.7. The number of amides is 2. The Labute approximate surface area is 125 Å². The van der Waals surface area contributed by atoms with Crippen molar-refractivity contribution < 1.29 is 19.4 Å². The van der Waals surface area contributed by atoms with Crippen molar-refractivity contribution >= 4 is 12.0 Å². The van der Waals surface area contributed by atoms with Crippen LogP contribution in [0.2, 0.25) is 0 Å². The summed E-state index contributed by atoms with van der Waals surface area (Å²) in [5, 5.41) is 11.9. The number of urea groups is 1. The van der Waals surface area contributed by atoms with Gasteiger partial charge in [-0.15, -0.1) is 0 Å². The highest BCUT2D eigenvalue weighted by Gasteiger charge is 2.36. The van der Waals surface area contributed by atoms with Gasteiger partial charge in [-0.25, -0.2) is 4.79 Å². The van der Waals surface area contributed by atoms with Gasteiger partial charge in [0.1, 0.15) is 0 Å². The molecule has 7 heteroatoms. The van der Waals surface area contributed by atoms with Crippen LogP contribution in [0.3, 0.4) is 0 Å². The summed E-state index contributed by atoms with van der Waals surface area (Å²) in [5.74, 6) is -0.800. The van der Waals surface area contributed by atoms with Crippen LogP contribution in [0, 0.1) is 0 Å². The molecule has 1 aliphatic heterocycles. The fraction of sp³-hybridized carbons (Fsp3) is 0.857. The van der Waals surface area contributed by atoms with Crippen molar-refractivity contribution in [1.82, 2.24) is 15.1 Å². The second-order valence-electron chi connectivity index (χ2n) is 5.85. The van der Waals surface area contributed by atoms with E-state index in [2.05, 4.69) is 5.32 Å². The number of hydrogen-bond donors (Lipinski definition) is 2. The lowest BCUT2D eigenvalue weighted by atomic mass is 9.85. The third-order valence-corrected chi connectivity index (χ3v) is 4.33. The van der Waals surface area contributed by atoms with Crippen LogP contribution >= 0.6 is 0 Å². The van der Waals surface area contributed by atoms with Crippen LogP contribution in [0.1, 0.15) is 26.7 Å². The zero-order valence-electron chi connectivity index (χ0n) is 12.7. The number of carboxylic acid groups (broad SMARTS) is 1. The molecule has 1 atom stereocenters. The lowest BCUT2D eigenvalue weighted by Crippen LogP contribution is -2.59. The molecule has 0 spiro atoms. The maximum absolute atomic E-state index is 12.2. The Bertz CT molecular complexity index is 384. The third kappa shape index (κ3) is 4.07. The van der Waals surface area contributed by atoms with Crippen molar-refractivity contribution in [3.63, 3.8) is 0 Å². The van der Waals surface area contributed by atoms with Gasteiger partial charge >= 0.3 is 12.0 Å². The van der Waals surface area contributed by atoms with Crippen molar-refractivity contribution in [1.29, 1.82) is 0 Å². The molecular weight excluding hydrogens is 274 g/mol. The molecule has 1 heterocycles. The number of nitrogens with one attached hydrogen (secondary N) is 1. The van der Waals surface area contributed by atoms with E-state index in [4.69, 9.17) is 9.84 Å². The molecule has 2 amide bonds. The normalized spacial score (nSPS) is 29.1. The van der Waals surface area contributed by atoms with Gasteiger partial charge in [-0.2, -0.15) is 0 Å². The highest BCUT2D eigenvalue weighted by atomic mass is 16.5. The Balaban J connectivity index is 1.74. The molecule has 2 N–H and O–H groups in total. The van der Waals surface area contributed by atoms with Gasteiger partial charge in [0.25, 0.3) is 0 Å². The SMILES string of the molecule is CCN(CC(=O)O)C1CC(NC(=O)N2CCOC[C@@H]2C)C1. The number of carbonyl (C=O) groups is 2. The average molecular weight is 299 g/mol. The number of likely N-dealkylation sites (N-methyl/N-ethyl adjacent to an activating group) is 1. The molecule has 0 bridgehead atoms. The number of carbonyl (C=O) groups excluding carboxylic acids is 1. The van der Waals surface area contributed by atoms with Gasteiger partial charge in [0.05, 0.1) is 25.8 Å². The van der Waals surface area contributed by atoms with Crippen LogP contribution in [-0.2, 0) is 9.53 Å². The van der Waals surface area contributed by atoms with Crippen molar-refractivity contribution in [3.8, 4) is 0 Å². The van der Waals surface area contributed by atoms with Crippen LogP contribution in [0.15, 0.2) is 0 Å². The molecule has 2 fully saturated rings. The van der Waals surface area contributed by atoms with Crippen LogP contribution in [-0.4, -0.2) is 77.9 Å². The highest BCUT2D eigenvalue weighted by Crippen LogP contribution is 2.26. The van der Waals surface area contributed by atoms with Crippen LogP contribution in [0.25, 0.3) is 0 Å². The lowest BCUT2D eigenvalue weighted by Gasteiger charge is -2.43. The van der Waals surface area contributed by atoms with Gasteiger partial charge in [-0.05, 0) is 26.3 Å². The summed E-state index contributed by atoms with van der Waals surface area (Å²) in [6.07, 6.45) is 1.65. The monoisotopic (exact) mass is 299 g/mol. The van der Waals surface area contributed by atoms with Gasteiger partial charge in [0.2, 0.25) is 0 Å². The van der Waals surface area contributed by atoms with Crippen LogP contribution in [0.5, 0.6) is 0 Å². The van der Waals surface area contributed by atoms with Gasteiger partial charge in [-0.3, -0.25) is 9.69 Å². The first-order valence-electron chi connectivity index (χ1n) is 7.62. The summed E-state index contributed by atoms with van der Waals surface area (Å²) in [7, 11) is 0. The second-order valence-corrected chi connectivity index (χ2v) is 5.85. The van der Waals surface area contributed by atoms with Crippen molar-refractivity contribution in [2.75, 3.05) is 32.8 Å². The van der Waals surface area contributed by atoms with Crippen molar-refractivity contribution in [3.05, 3.63) is 0 Å². The first kappa shape index (κ1) is 16.0. The summed E-state index contributed by atoms with van der Waals surface area (Å²) >= 11 is 0. The van der Waals surface area contributed by atoms with Crippen LogP contribution < -0.4 is 5.32 Å². The largest absolute Gasteiger partial charge is 0.480 e. The standard InChI is InChI=1S/C14H25N3O4/c1-3-16(8-13(18)19)12-6-11(7-12)15-14(20)17-4-5-21-9-10(17)2/h10-12H,3-9H2,1-2H3,(H,15,20)(H,18,19)/t10-,11?,12?/m0/s1. The maximum atomic E-state index is 12.2. The molecule has 2 rings (SSSR count). The Morgan fingerprint density at radius 3 is 2.71 bits per heavy atom. The zero-order valence-corrected chi connectivity index (χ0v) is 12.7. The van der Waals surface area contributed by atoms with Gasteiger partial charge in [-0.1, -0.05) is 6.92 Å². The minimum Gasteiger partial charge on any atom is -0.480 e. The van der Waals surface area contributed by atoms with E-state index in [1.165, 1.54) is 0 Å². The number of ether oxygens (including phenoxy) is 1. The Kier molecular flexibility index (Phi) is 5.41. The molecule has 1 saturated heterocycles. The number of nitrogens with zero attached hydrogens (tertiary/aromatic N) is 2. The smallest absolute Gasteiger partial charge is 0.318 e. The molecule has 21 heavy (non-hydrogen) atoms. The average Bonchev–Trinajstić information content (AvgIpc) is 2.40. The Hall–Kier alpha value is -1.34. The van der Waals surface area contributed by atoms with Crippen molar-refractivity contribution in [2.45, 2.75) is 44.8 Å². The molecule has 1 saturated carbocycles. The van der Waals surface area contributed by atoms with E-state index < -0.39 is 5.97 Å². The van der Waals surface area contributed by atoms with E-state index in [0.717, 1.165) is 19.4 Å². The highest BCUT2D eigenvalue weighted by molar-refractivity contribution is 5.75. The fourth-order valence-corrected chi connectivity index (χ4v) is 2.96. The molecule has 120 valence electrons. The number of carboxylic acids is 1. The van der Waals surface area contributed by atoms with E-state index in [0.29, 0.717) is 19.8 Å². The predicted molar refractivity (Wildman–Crippen MR) is 77.2 cm³/mol. The number of hydrogen-bond acceptors (Lipinski definition) is 4. The summed E-state index contributed by atoms with van der Waals surface area (Å²) in [5.41, 5.74) is 0. The first-order valence-corrected chi connectivity index (χ1v) is 7.62. The Morgan fingerprint density at radius 2 is 2.14 bits per heavy atom. The predicted octanol–water partition coefficient (Wildman–Crippen LogP) is 0.354. The number of rotatable bonds is 5. The summed E-state index contributed by atoms with van der Waals surface area (Å²) in [6, 6.07) is 0.489. The van der Waals surface area contributed by atoms with E-state index in [9.17, 15) is 9.59 Å². The minimum absolute atomic E-state index is 0.0319. The van der Waals surface area contributed by atoms with E-state index >= 15 is 0 Å². The zero-order chi connectivity index (χ0) is 15.4. The maximum Gasteiger partial charge on any atom is 0.318 e. The molecular formula is C14H25N3O4. The van der Waals surface area contributed by atoms with E-state index in [-0.39, 0.29) is 30.7 Å².